The van der Waals surface area contributed by atoms with Gasteiger partial charge in [-0.2, -0.15) is 0 Å². The summed E-state index contributed by atoms with van der Waals surface area (Å²) in [4.78, 5) is 12.5. The molecule has 4 heteroatoms. The number of nitrogens with one attached hydrogen (secondary N) is 1. The van der Waals surface area contributed by atoms with E-state index in [1.807, 2.05) is 6.08 Å². The maximum Gasteiger partial charge on any atom is 0.220 e. The normalized spacial score (nSPS) is 13.6. The third-order valence-electron chi connectivity index (χ3n) is 13.5. The van der Waals surface area contributed by atoms with E-state index in [1.165, 1.54) is 180 Å². The van der Waals surface area contributed by atoms with Gasteiger partial charge in [-0.3, -0.25) is 4.79 Å². The van der Waals surface area contributed by atoms with Gasteiger partial charge >= 0.3 is 0 Å². The monoisotopic (exact) mass is 984 g/mol. The number of carbonyl (C=O) groups is 1. The lowest BCUT2D eigenvalue weighted by molar-refractivity contribution is -0.123. The van der Waals surface area contributed by atoms with Crippen LogP contribution in [0.15, 0.2) is 109 Å². The fourth-order valence-electron chi connectivity index (χ4n) is 8.86. The first-order chi connectivity index (χ1) is 35.2. The molecular weight excluding hydrogens is 867 g/mol. The molecular formula is C67H117NO3. The molecule has 0 aromatic carbocycles. The van der Waals surface area contributed by atoms with E-state index in [0.29, 0.717) is 6.42 Å². The third kappa shape index (κ3) is 57.8. The smallest absolute Gasteiger partial charge is 0.220 e. The summed E-state index contributed by atoms with van der Waals surface area (Å²) < 4.78 is 0. The van der Waals surface area contributed by atoms with Crippen molar-refractivity contribution >= 4 is 5.91 Å². The molecule has 0 aliphatic rings. The van der Waals surface area contributed by atoms with Crippen LogP contribution in [0.25, 0.3) is 0 Å². The summed E-state index contributed by atoms with van der Waals surface area (Å²) in [5.74, 6) is -0.0890. The number of allylic oxidation sites excluding steroid dienone is 17. The number of hydrogen-bond acceptors (Lipinski definition) is 3. The van der Waals surface area contributed by atoms with Gasteiger partial charge in [0.05, 0.1) is 18.8 Å². The first-order valence-electron chi connectivity index (χ1n) is 30.6. The molecule has 1 amide bonds. The quantitative estimate of drug-likeness (QED) is 0.0420. The molecule has 0 aliphatic carbocycles. The van der Waals surface area contributed by atoms with Crippen LogP contribution < -0.4 is 5.32 Å². The second-order valence-electron chi connectivity index (χ2n) is 20.4. The summed E-state index contributed by atoms with van der Waals surface area (Å²) in [6.07, 6.45) is 92.7. The standard InChI is InChI=1S/C67H117NO3/c1-3-5-7-9-11-13-15-17-19-21-23-25-27-29-31-32-33-34-35-37-38-40-42-44-46-48-50-52-54-56-58-60-62-66(70)65(64-69)68-67(71)63-61-59-57-55-53-51-49-47-45-43-41-39-36-30-28-26-24-22-20-18-16-14-12-10-8-6-4-2/h6,8,12,14,18,20,24,26,30,36,41,43-44,46,52,54,60,62,65-66,69-70H,3-5,7,9-11,13,15-17,19,21-23,25,27-29,31-35,37-40,42,45,47-51,53,55-59,61,63-64H2,1-2H3,(H,68,71)/b8-6-,14-12-,20-18-,26-24-,36-30-,43-41-,46-44+,54-52+,62-60+. The molecule has 2 atom stereocenters. The summed E-state index contributed by atoms with van der Waals surface area (Å²) in [5, 5.41) is 23.2. The van der Waals surface area contributed by atoms with Crippen molar-refractivity contribution in [1.29, 1.82) is 0 Å². The summed E-state index contributed by atoms with van der Waals surface area (Å²) in [7, 11) is 0. The van der Waals surface area contributed by atoms with E-state index in [4.69, 9.17) is 0 Å². The summed E-state index contributed by atoms with van der Waals surface area (Å²) in [6, 6.07) is -0.660. The average molecular weight is 985 g/mol. The second-order valence-corrected chi connectivity index (χ2v) is 20.4. The third-order valence-corrected chi connectivity index (χ3v) is 13.5. The Bertz CT molecular complexity index is 1350. The van der Waals surface area contributed by atoms with E-state index < -0.39 is 12.1 Å². The summed E-state index contributed by atoms with van der Waals surface area (Å²) in [5.41, 5.74) is 0. The van der Waals surface area contributed by atoms with Gasteiger partial charge in [-0.05, 0) is 96.3 Å². The molecule has 0 aliphatic heterocycles. The molecule has 0 rings (SSSR count). The Balaban J connectivity index is 3.60. The minimum atomic E-state index is -0.883. The van der Waals surface area contributed by atoms with Crippen molar-refractivity contribution in [2.75, 3.05) is 6.61 Å². The highest BCUT2D eigenvalue weighted by Crippen LogP contribution is 2.16. The number of rotatable bonds is 55. The number of aliphatic hydroxyl groups is 2. The van der Waals surface area contributed by atoms with Crippen molar-refractivity contribution in [2.45, 2.75) is 302 Å². The maximum absolute atomic E-state index is 12.5. The highest BCUT2D eigenvalue weighted by atomic mass is 16.3. The van der Waals surface area contributed by atoms with E-state index >= 15 is 0 Å². The number of hydrogen-bond donors (Lipinski definition) is 3. The molecule has 0 bridgehead atoms. The SMILES string of the molecule is CC/C=C\C/C=C\C/C=C\C/C=C\C/C=C\C/C=C\CCCCCCCCCCC(=O)NC(CO)C(O)/C=C/CC/C=C/CC/C=C/CCCCCCCCCCCCCCCCCCCCCCCC. The van der Waals surface area contributed by atoms with Gasteiger partial charge < -0.3 is 15.5 Å². The maximum atomic E-state index is 12.5. The fourth-order valence-corrected chi connectivity index (χ4v) is 8.86. The Morgan fingerprint density at radius 2 is 0.634 bits per heavy atom. The zero-order valence-corrected chi connectivity index (χ0v) is 47.0. The van der Waals surface area contributed by atoms with Crippen LogP contribution in [0.5, 0.6) is 0 Å². The van der Waals surface area contributed by atoms with Gasteiger partial charge in [0.1, 0.15) is 0 Å². The molecule has 71 heavy (non-hydrogen) atoms. The van der Waals surface area contributed by atoms with Crippen LogP contribution in [-0.4, -0.2) is 34.9 Å². The van der Waals surface area contributed by atoms with E-state index in [9.17, 15) is 15.0 Å². The molecule has 0 saturated heterocycles. The Hall–Kier alpha value is -2.95. The topological polar surface area (TPSA) is 69.6 Å². The van der Waals surface area contributed by atoms with Gasteiger partial charge in [-0.1, -0.05) is 297 Å². The molecule has 0 aromatic rings. The minimum absolute atomic E-state index is 0.0890. The lowest BCUT2D eigenvalue weighted by Crippen LogP contribution is -2.45. The predicted octanol–water partition coefficient (Wildman–Crippen LogP) is 20.6. The zero-order valence-electron chi connectivity index (χ0n) is 47.0. The van der Waals surface area contributed by atoms with Crippen molar-refractivity contribution in [1.82, 2.24) is 5.32 Å². The van der Waals surface area contributed by atoms with Gasteiger partial charge in [0.25, 0.3) is 0 Å². The van der Waals surface area contributed by atoms with E-state index in [0.717, 1.165) is 89.9 Å². The van der Waals surface area contributed by atoms with E-state index in [2.05, 4.69) is 116 Å². The van der Waals surface area contributed by atoms with E-state index in [-0.39, 0.29) is 12.5 Å². The Morgan fingerprint density at radius 3 is 0.986 bits per heavy atom. The Morgan fingerprint density at radius 1 is 0.352 bits per heavy atom. The summed E-state index contributed by atoms with van der Waals surface area (Å²) in [6.45, 7) is 4.19. The average Bonchev–Trinajstić information content (AvgIpc) is 3.37. The second kappa shape index (κ2) is 61.4. The minimum Gasteiger partial charge on any atom is -0.394 e. The van der Waals surface area contributed by atoms with Crippen molar-refractivity contribution < 1.29 is 15.0 Å². The zero-order chi connectivity index (χ0) is 51.3. The van der Waals surface area contributed by atoms with Gasteiger partial charge in [-0.25, -0.2) is 0 Å². The van der Waals surface area contributed by atoms with E-state index in [1.54, 1.807) is 6.08 Å². The van der Waals surface area contributed by atoms with Crippen LogP contribution in [0, 0.1) is 0 Å². The number of aliphatic hydroxyl groups excluding tert-OH is 2. The highest BCUT2D eigenvalue weighted by Gasteiger charge is 2.18. The number of unbranched alkanes of at least 4 members (excludes halogenated alkanes) is 32. The first kappa shape index (κ1) is 68.0. The molecule has 0 saturated carbocycles. The lowest BCUT2D eigenvalue weighted by atomic mass is 10.0. The van der Waals surface area contributed by atoms with Gasteiger partial charge in [0.15, 0.2) is 0 Å². The van der Waals surface area contributed by atoms with Crippen LogP contribution in [0.1, 0.15) is 290 Å². The van der Waals surface area contributed by atoms with Crippen LogP contribution in [0.3, 0.4) is 0 Å². The molecule has 3 N–H and O–H groups in total. The van der Waals surface area contributed by atoms with Crippen molar-refractivity contribution in [3.8, 4) is 0 Å². The van der Waals surface area contributed by atoms with Crippen LogP contribution >= 0.6 is 0 Å². The molecule has 2 unspecified atom stereocenters. The van der Waals surface area contributed by atoms with Crippen molar-refractivity contribution in [2.24, 2.45) is 0 Å². The molecule has 0 aromatic heterocycles. The largest absolute Gasteiger partial charge is 0.394 e. The van der Waals surface area contributed by atoms with Crippen LogP contribution in [0.4, 0.5) is 0 Å². The van der Waals surface area contributed by atoms with Crippen molar-refractivity contribution in [3.05, 3.63) is 109 Å². The van der Waals surface area contributed by atoms with Crippen molar-refractivity contribution in [3.63, 3.8) is 0 Å². The fraction of sp³-hybridized carbons (Fsp3) is 0.716. The Kier molecular flexibility index (Phi) is 58.8. The molecule has 0 fully saturated rings. The van der Waals surface area contributed by atoms with Crippen LogP contribution in [0.2, 0.25) is 0 Å². The number of carbonyl (C=O) groups excluding carboxylic acids is 1. The lowest BCUT2D eigenvalue weighted by Gasteiger charge is -2.19. The van der Waals surface area contributed by atoms with Gasteiger partial charge in [0.2, 0.25) is 5.91 Å². The number of amides is 1. The molecule has 0 spiro atoms. The summed E-state index contributed by atoms with van der Waals surface area (Å²) >= 11 is 0. The Labute approximate surface area is 442 Å². The van der Waals surface area contributed by atoms with Gasteiger partial charge in [-0.15, -0.1) is 0 Å². The van der Waals surface area contributed by atoms with Crippen LogP contribution in [-0.2, 0) is 4.79 Å². The molecule has 408 valence electrons. The molecule has 0 radical (unpaired) electrons. The highest BCUT2D eigenvalue weighted by molar-refractivity contribution is 5.76. The molecule has 4 nitrogen and oxygen atoms in total. The first-order valence-corrected chi connectivity index (χ1v) is 30.6. The molecule has 0 heterocycles. The van der Waals surface area contributed by atoms with Gasteiger partial charge in [0, 0.05) is 6.42 Å². The predicted molar refractivity (Wildman–Crippen MR) is 317 cm³/mol.